The van der Waals surface area contributed by atoms with E-state index in [0.29, 0.717) is 33.7 Å². The van der Waals surface area contributed by atoms with Crippen molar-refractivity contribution in [2.75, 3.05) is 5.32 Å². The lowest BCUT2D eigenvalue weighted by molar-refractivity contribution is -0.120. The van der Waals surface area contributed by atoms with Crippen LogP contribution in [0.3, 0.4) is 0 Å². The molecule has 1 saturated carbocycles. The van der Waals surface area contributed by atoms with Gasteiger partial charge >= 0.3 is 0 Å². The monoisotopic (exact) mass is 531 g/mol. The second kappa shape index (κ2) is 10.00. The minimum absolute atomic E-state index is 0.0576. The largest absolute Gasteiger partial charge is 0.352 e. The van der Waals surface area contributed by atoms with E-state index in [4.69, 9.17) is 4.98 Å². The summed E-state index contributed by atoms with van der Waals surface area (Å²) in [5.41, 5.74) is 6.96. The predicted octanol–water partition coefficient (Wildman–Crippen LogP) is 6.89. The maximum atomic E-state index is 14.6. The highest BCUT2D eigenvalue weighted by Crippen LogP contribution is 2.34. The molecule has 0 unspecified atom stereocenters. The lowest BCUT2D eigenvalue weighted by Crippen LogP contribution is -2.24. The molecule has 0 saturated heterocycles. The third-order valence-electron chi connectivity index (χ3n) is 7.65. The van der Waals surface area contributed by atoms with Crippen LogP contribution in [0.25, 0.3) is 55.7 Å². The van der Waals surface area contributed by atoms with Crippen LogP contribution < -0.4 is 5.32 Å². The predicted molar refractivity (Wildman–Crippen MR) is 153 cm³/mol. The van der Waals surface area contributed by atoms with Crippen molar-refractivity contribution in [1.82, 2.24) is 30.1 Å². The molecule has 0 atom stereocenters. The summed E-state index contributed by atoms with van der Waals surface area (Å²) < 4.78 is 14.6. The van der Waals surface area contributed by atoms with E-state index in [1.807, 2.05) is 30.3 Å². The molecule has 6 aromatic rings. The van der Waals surface area contributed by atoms with Gasteiger partial charge in [0.25, 0.3) is 0 Å². The Morgan fingerprint density at radius 1 is 0.900 bits per heavy atom. The summed E-state index contributed by atoms with van der Waals surface area (Å²) in [6.45, 7) is 0. The minimum Gasteiger partial charge on any atom is -0.352 e. The Balaban J connectivity index is 1.23. The summed E-state index contributed by atoms with van der Waals surface area (Å²) in [6.07, 6.45) is 12.1. The smallest absolute Gasteiger partial charge is 0.227 e. The van der Waals surface area contributed by atoms with E-state index < -0.39 is 0 Å². The first-order chi connectivity index (χ1) is 19.6. The van der Waals surface area contributed by atoms with Crippen molar-refractivity contribution < 1.29 is 9.18 Å². The second-order valence-corrected chi connectivity index (χ2v) is 10.3. The van der Waals surface area contributed by atoms with E-state index in [-0.39, 0.29) is 17.6 Å². The number of amides is 1. The summed E-state index contributed by atoms with van der Waals surface area (Å²) in [7, 11) is 0. The van der Waals surface area contributed by atoms with E-state index in [1.54, 1.807) is 36.9 Å². The van der Waals surface area contributed by atoms with E-state index >= 15 is 0 Å². The van der Waals surface area contributed by atoms with Gasteiger partial charge in [-0.2, -0.15) is 5.10 Å². The lowest BCUT2D eigenvalue weighted by Gasteiger charge is -2.20. The van der Waals surface area contributed by atoms with Gasteiger partial charge in [0, 0.05) is 40.4 Å². The molecule has 8 nitrogen and oxygen atoms in total. The van der Waals surface area contributed by atoms with Crippen molar-refractivity contribution in [1.29, 1.82) is 0 Å². The number of H-pyrrole nitrogens is 2. The third kappa shape index (κ3) is 4.39. The fourth-order valence-corrected chi connectivity index (χ4v) is 5.58. The zero-order chi connectivity index (χ0) is 27.1. The number of hydrogen-bond donors (Lipinski definition) is 3. The molecule has 1 amide bonds. The molecule has 1 fully saturated rings. The minimum atomic E-state index is -0.304. The van der Waals surface area contributed by atoms with Crippen molar-refractivity contribution in [2.24, 2.45) is 5.92 Å². The number of anilines is 1. The first-order valence-electron chi connectivity index (χ1n) is 13.5. The van der Waals surface area contributed by atoms with Gasteiger partial charge < -0.3 is 10.3 Å². The van der Waals surface area contributed by atoms with E-state index in [1.165, 1.54) is 12.5 Å². The number of nitrogens with one attached hydrogen (secondary N) is 3. The summed E-state index contributed by atoms with van der Waals surface area (Å²) in [4.78, 5) is 29.7. The maximum Gasteiger partial charge on any atom is 0.227 e. The number of hydrogen-bond acceptors (Lipinski definition) is 5. The van der Waals surface area contributed by atoms with Crippen LogP contribution in [0.4, 0.5) is 10.1 Å². The molecule has 198 valence electrons. The van der Waals surface area contributed by atoms with Crippen LogP contribution in [0.2, 0.25) is 0 Å². The topological polar surface area (TPSA) is 112 Å². The summed E-state index contributed by atoms with van der Waals surface area (Å²) in [5, 5.41) is 11.5. The number of carbonyl (C=O) groups excluding carboxylic acids is 1. The van der Waals surface area contributed by atoms with Crippen LogP contribution >= 0.6 is 0 Å². The average Bonchev–Trinajstić information content (AvgIpc) is 3.62. The first kappa shape index (κ1) is 24.1. The van der Waals surface area contributed by atoms with Crippen LogP contribution in [-0.4, -0.2) is 36.0 Å². The van der Waals surface area contributed by atoms with Gasteiger partial charge in [0.05, 0.1) is 40.5 Å². The molecule has 0 aliphatic heterocycles. The standard InChI is InChI=1S/C31H26FN7O/c32-24-9-5-4-8-21(24)23-16-34-17-28-22(23)13-27(36-28)30-29-26(38-39-30)11-10-25(37-29)19-12-20(15-33-14-19)35-31(40)18-6-2-1-3-7-18/h4-5,8-18,36H,1-3,6-7H2,(H,35,40)(H,38,39). The molecular weight excluding hydrogens is 505 g/mol. The highest BCUT2D eigenvalue weighted by atomic mass is 19.1. The van der Waals surface area contributed by atoms with E-state index in [9.17, 15) is 9.18 Å². The van der Waals surface area contributed by atoms with Gasteiger partial charge in [-0.05, 0) is 43.2 Å². The number of carbonyl (C=O) groups is 1. The van der Waals surface area contributed by atoms with Crippen molar-refractivity contribution in [3.05, 3.63) is 79.1 Å². The van der Waals surface area contributed by atoms with Crippen molar-refractivity contribution in [3.63, 3.8) is 0 Å². The number of pyridine rings is 3. The molecule has 0 bridgehead atoms. The summed E-state index contributed by atoms with van der Waals surface area (Å²) in [5.74, 6) is -0.185. The van der Waals surface area contributed by atoms with Crippen molar-refractivity contribution >= 4 is 33.5 Å². The van der Waals surface area contributed by atoms with Crippen LogP contribution in [0, 0.1) is 11.7 Å². The number of benzene rings is 1. The molecule has 5 aromatic heterocycles. The molecule has 1 aliphatic rings. The molecule has 5 heterocycles. The Morgan fingerprint density at radius 3 is 2.62 bits per heavy atom. The second-order valence-electron chi connectivity index (χ2n) is 10.3. The molecule has 7 rings (SSSR count). The van der Waals surface area contributed by atoms with E-state index in [0.717, 1.165) is 53.4 Å². The molecular formula is C31H26FN7O. The Bertz CT molecular complexity index is 1870. The molecule has 9 heteroatoms. The highest BCUT2D eigenvalue weighted by molar-refractivity contribution is 6.00. The van der Waals surface area contributed by atoms with Crippen LogP contribution in [0.5, 0.6) is 0 Å². The average molecular weight is 532 g/mol. The maximum absolute atomic E-state index is 14.6. The number of aromatic amines is 2. The van der Waals surface area contributed by atoms with Gasteiger partial charge in [-0.3, -0.25) is 19.9 Å². The SMILES string of the molecule is O=C(Nc1cncc(-c2ccc3[nH]nc(-c4cc5c(-c6ccccc6F)cncc5[nH]4)c3n2)c1)C1CCCCC1. The Kier molecular flexibility index (Phi) is 6.03. The molecule has 0 radical (unpaired) electrons. The number of fused-ring (bicyclic) bond motifs is 2. The van der Waals surface area contributed by atoms with Crippen LogP contribution in [-0.2, 0) is 4.79 Å². The fraction of sp³-hybridized carbons (Fsp3) is 0.194. The zero-order valence-electron chi connectivity index (χ0n) is 21.6. The Labute approximate surface area is 229 Å². The first-order valence-corrected chi connectivity index (χ1v) is 13.5. The van der Waals surface area contributed by atoms with Gasteiger partial charge in [-0.25, -0.2) is 9.37 Å². The highest BCUT2D eigenvalue weighted by Gasteiger charge is 2.21. The molecule has 1 aliphatic carbocycles. The Hall–Kier alpha value is -4.92. The molecule has 3 N–H and O–H groups in total. The third-order valence-corrected chi connectivity index (χ3v) is 7.65. The van der Waals surface area contributed by atoms with Crippen molar-refractivity contribution in [3.8, 4) is 33.8 Å². The lowest BCUT2D eigenvalue weighted by atomic mass is 9.88. The molecule has 1 aromatic carbocycles. The number of rotatable bonds is 5. The Morgan fingerprint density at radius 2 is 1.75 bits per heavy atom. The fourth-order valence-electron chi connectivity index (χ4n) is 5.58. The van der Waals surface area contributed by atoms with Gasteiger partial charge in [0.2, 0.25) is 5.91 Å². The quantitative estimate of drug-likeness (QED) is 0.224. The van der Waals surface area contributed by atoms with Gasteiger partial charge in [-0.15, -0.1) is 0 Å². The van der Waals surface area contributed by atoms with Crippen LogP contribution in [0.15, 0.2) is 73.3 Å². The molecule has 0 spiro atoms. The van der Waals surface area contributed by atoms with Crippen LogP contribution in [0.1, 0.15) is 32.1 Å². The summed E-state index contributed by atoms with van der Waals surface area (Å²) >= 11 is 0. The number of aromatic nitrogens is 6. The zero-order valence-corrected chi connectivity index (χ0v) is 21.6. The number of nitrogens with zero attached hydrogens (tertiary/aromatic N) is 4. The van der Waals surface area contributed by atoms with Crippen molar-refractivity contribution in [2.45, 2.75) is 32.1 Å². The normalized spacial score (nSPS) is 14.1. The van der Waals surface area contributed by atoms with Gasteiger partial charge in [-0.1, -0.05) is 37.5 Å². The summed E-state index contributed by atoms with van der Waals surface area (Å²) in [6, 6.07) is 14.3. The van der Waals surface area contributed by atoms with Gasteiger partial charge in [0.15, 0.2) is 0 Å². The van der Waals surface area contributed by atoms with Gasteiger partial charge in [0.1, 0.15) is 17.0 Å². The number of halogens is 1. The van der Waals surface area contributed by atoms with E-state index in [2.05, 4.69) is 30.5 Å². The molecule has 40 heavy (non-hydrogen) atoms.